The van der Waals surface area contributed by atoms with Crippen molar-refractivity contribution in [3.05, 3.63) is 57.6 Å². The van der Waals surface area contributed by atoms with Crippen LogP contribution in [0.3, 0.4) is 0 Å². The molecule has 0 atom stereocenters. The summed E-state index contributed by atoms with van der Waals surface area (Å²) in [6.45, 7) is 0.294. The molecule has 28 heavy (non-hydrogen) atoms. The van der Waals surface area contributed by atoms with Crippen LogP contribution in [0.4, 0.5) is 11.4 Å². The van der Waals surface area contributed by atoms with Gasteiger partial charge in [-0.1, -0.05) is 0 Å². The number of hydrogen-bond acceptors (Lipinski definition) is 6. The van der Waals surface area contributed by atoms with E-state index in [-0.39, 0.29) is 23.2 Å². The molecule has 2 aromatic carbocycles. The molecule has 0 unspecified atom stereocenters. The van der Waals surface area contributed by atoms with Gasteiger partial charge in [0.25, 0.3) is 11.6 Å². The Morgan fingerprint density at radius 3 is 2.57 bits per heavy atom. The maximum Gasteiger partial charge on any atom is 0.293 e. The van der Waals surface area contributed by atoms with Gasteiger partial charge >= 0.3 is 0 Å². The van der Waals surface area contributed by atoms with Gasteiger partial charge in [-0.05, 0) is 37.1 Å². The number of nitrogens with one attached hydrogen (secondary N) is 1. The highest BCUT2D eigenvalue weighted by Gasteiger charge is 2.26. The number of nitro benzene ring substituents is 1. The number of anilines is 1. The minimum absolute atomic E-state index is 0.0896. The number of benzene rings is 2. The van der Waals surface area contributed by atoms with Crippen molar-refractivity contribution in [1.29, 1.82) is 0 Å². The Labute approximate surface area is 163 Å². The number of rotatable bonds is 8. The maximum absolute atomic E-state index is 12.8. The van der Waals surface area contributed by atoms with Crippen molar-refractivity contribution in [3.63, 3.8) is 0 Å². The van der Waals surface area contributed by atoms with E-state index in [0.717, 1.165) is 18.4 Å². The number of hydrogen-bond donors (Lipinski definition) is 1. The van der Waals surface area contributed by atoms with Crippen LogP contribution in [0.5, 0.6) is 11.5 Å². The van der Waals surface area contributed by atoms with E-state index in [9.17, 15) is 14.9 Å². The number of ether oxygens (including phenoxy) is 2. The number of nitrogens with zero attached hydrogens (tertiary/aromatic N) is 2. The van der Waals surface area contributed by atoms with Gasteiger partial charge < -0.3 is 19.7 Å². The molecule has 1 fully saturated rings. The monoisotopic (exact) mass is 385 g/mol. The van der Waals surface area contributed by atoms with Gasteiger partial charge in [-0.3, -0.25) is 14.9 Å². The van der Waals surface area contributed by atoms with Crippen LogP contribution in [-0.2, 0) is 6.54 Å². The number of carbonyl (C=O) groups is 1. The third-order valence-corrected chi connectivity index (χ3v) is 4.63. The first kappa shape index (κ1) is 19.5. The molecule has 1 N–H and O–H groups in total. The maximum atomic E-state index is 12.8. The summed E-state index contributed by atoms with van der Waals surface area (Å²) >= 11 is 0. The zero-order chi connectivity index (χ0) is 20.3. The van der Waals surface area contributed by atoms with E-state index in [1.54, 1.807) is 45.5 Å². The van der Waals surface area contributed by atoms with Crippen molar-refractivity contribution in [2.24, 2.45) is 0 Å². The number of nitro groups is 1. The molecule has 0 bridgehead atoms. The Bertz CT molecular complexity index is 895. The third kappa shape index (κ3) is 4.33. The van der Waals surface area contributed by atoms with E-state index in [0.29, 0.717) is 23.7 Å². The predicted molar refractivity (Wildman–Crippen MR) is 105 cm³/mol. The fraction of sp³-hybridized carbons (Fsp3) is 0.350. The smallest absolute Gasteiger partial charge is 0.293 e. The van der Waals surface area contributed by atoms with Gasteiger partial charge in [0.1, 0.15) is 17.2 Å². The lowest BCUT2D eigenvalue weighted by Crippen LogP contribution is -2.26. The number of carbonyl (C=O) groups excluding carboxylic acids is 1. The molecule has 1 aliphatic rings. The van der Waals surface area contributed by atoms with E-state index >= 15 is 0 Å². The van der Waals surface area contributed by atoms with Crippen molar-refractivity contribution >= 4 is 17.3 Å². The highest BCUT2D eigenvalue weighted by Crippen LogP contribution is 2.32. The first-order valence-corrected chi connectivity index (χ1v) is 8.94. The fourth-order valence-corrected chi connectivity index (χ4v) is 2.92. The summed E-state index contributed by atoms with van der Waals surface area (Å²) in [5.74, 6) is 0.955. The summed E-state index contributed by atoms with van der Waals surface area (Å²) < 4.78 is 10.5. The van der Waals surface area contributed by atoms with Crippen LogP contribution in [0.1, 0.15) is 28.8 Å². The summed E-state index contributed by atoms with van der Waals surface area (Å²) in [6.07, 6.45) is 2.01. The van der Waals surface area contributed by atoms with Gasteiger partial charge in [0, 0.05) is 42.9 Å². The van der Waals surface area contributed by atoms with Crippen molar-refractivity contribution < 1.29 is 19.2 Å². The minimum atomic E-state index is -0.464. The number of amides is 1. The molecule has 0 aromatic heterocycles. The van der Waals surface area contributed by atoms with E-state index < -0.39 is 4.92 Å². The highest BCUT2D eigenvalue weighted by atomic mass is 16.6. The van der Waals surface area contributed by atoms with Crippen molar-refractivity contribution in [1.82, 2.24) is 4.90 Å². The van der Waals surface area contributed by atoms with Crippen LogP contribution in [0.25, 0.3) is 0 Å². The molecule has 8 heteroatoms. The van der Waals surface area contributed by atoms with E-state index in [2.05, 4.69) is 5.32 Å². The molecule has 1 saturated carbocycles. The molecule has 148 valence electrons. The Balaban J connectivity index is 1.79. The van der Waals surface area contributed by atoms with Crippen LogP contribution >= 0.6 is 0 Å². The average Bonchev–Trinajstić information content (AvgIpc) is 3.51. The quantitative estimate of drug-likeness (QED) is 0.552. The fourth-order valence-electron chi connectivity index (χ4n) is 2.92. The van der Waals surface area contributed by atoms with Gasteiger partial charge in [0.15, 0.2) is 0 Å². The molecule has 3 rings (SSSR count). The van der Waals surface area contributed by atoms with Crippen LogP contribution in [-0.4, -0.2) is 43.0 Å². The average molecular weight is 385 g/mol. The van der Waals surface area contributed by atoms with Gasteiger partial charge in [0.2, 0.25) is 0 Å². The third-order valence-electron chi connectivity index (χ3n) is 4.63. The van der Waals surface area contributed by atoms with Crippen LogP contribution in [0.15, 0.2) is 36.4 Å². The second-order valence-corrected chi connectivity index (χ2v) is 6.75. The molecule has 8 nitrogen and oxygen atoms in total. The highest BCUT2D eigenvalue weighted by molar-refractivity contribution is 5.95. The van der Waals surface area contributed by atoms with Gasteiger partial charge in [-0.2, -0.15) is 0 Å². The second kappa shape index (κ2) is 8.16. The Hall–Kier alpha value is -3.29. The van der Waals surface area contributed by atoms with Crippen LogP contribution < -0.4 is 14.8 Å². The van der Waals surface area contributed by atoms with Crippen molar-refractivity contribution in [2.75, 3.05) is 26.6 Å². The molecule has 0 radical (unpaired) electrons. The lowest BCUT2D eigenvalue weighted by molar-refractivity contribution is -0.384. The number of methoxy groups -OCH3 is 2. The van der Waals surface area contributed by atoms with E-state index in [4.69, 9.17) is 9.47 Å². The topological polar surface area (TPSA) is 93.9 Å². The normalized spacial score (nSPS) is 13.0. The summed E-state index contributed by atoms with van der Waals surface area (Å²) in [4.78, 5) is 25.3. The summed E-state index contributed by atoms with van der Waals surface area (Å²) in [6, 6.07) is 10.2. The zero-order valence-electron chi connectivity index (χ0n) is 16.1. The molecule has 0 spiro atoms. The lowest BCUT2D eigenvalue weighted by Gasteiger charge is -2.19. The Morgan fingerprint density at radius 1 is 1.21 bits per heavy atom. The molecule has 0 aliphatic heterocycles. The Morgan fingerprint density at radius 2 is 1.96 bits per heavy atom. The molecule has 0 saturated heterocycles. The predicted octanol–water partition coefficient (Wildman–Crippen LogP) is 3.46. The minimum Gasteiger partial charge on any atom is -0.497 e. The molecule has 2 aromatic rings. The molecule has 1 aliphatic carbocycles. The van der Waals surface area contributed by atoms with E-state index in [1.807, 2.05) is 6.07 Å². The summed E-state index contributed by atoms with van der Waals surface area (Å²) in [7, 11) is 4.77. The first-order chi connectivity index (χ1) is 13.4. The van der Waals surface area contributed by atoms with Crippen molar-refractivity contribution in [3.8, 4) is 11.5 Å². The summed E-state index contributed by atoms with van der Waals surface area (Å²) in [5.41, 5.74) is 1.43. The molecular weight excluding hydrogens is 362 g/mol. The van der Waals surface area contributed by atoms with Crippen LogP contribution in [0.2, 0.25) is 0 Å². The largest absolute Gasteiger partial charge is 0.497 e. The van der Waals surface area contributed by atoms with Crippen molar-refractivity contribution in [2.45, 2.75) is 25.4 Å². The van der Waals surface area contributed by atoms with Gasteiger partial charge in [-0.15, -0.1) is 0 Å². The zero-order valence-corrected chi connectivity index (χ0v) is 16.1. The first-order valence-electron chi connectivity index (χ1n) is 8.94. The standard InChI is InChI=1S/C20H23N3O5/c1-22(12-14-4-8-16(27-2)11-19(14)28-3)20(24)13-5-9-17(21-15-6-7-15)18(10-13)23(25)26/h4-5,8-11,15,21H,6-7,12H2,1-3H3. The Kier molecular flexibility index (Phi) is 5.67. The van der Waals surface area contributed by atoms with Gasteiger partial charge in [0.05, 0.1) is 19.1 Å². The molecular formula is C20H23N3O5. The molecule has 0 heterocycles. The molecule has 1 amide bonds. The summed E-state index contributed by atoms with van der Waals surface area (Å²) in [5, 5.41) is 14.5. The van der Waals surface area contributed by atoms with Gasteiger partial charge in [-0.25, -0.2) is 0 Å². The SMILES string of the molecule is COc1ccc(CN(C)C(=O)c2ccc(NC3CC3)c([N+](=O)[O-])c2)c(OC)c1. The second-order valence-electron chi connectivity index (χ2n) is 6.75. The van der Waals surface area contributed by atoms with E-state index in [1.165, 1.54) is 11.0 Å². The lowest BCUT2D eigenvalue weighted by atomic mass is 10.1. The van der Waals surface area contributed by atoms with Crippen LogP contribution in [0, 0.1) is 10.1 Å².